The second-order valence-corrected chi connectivity index (χ2v) is 6.90. The molecule has 31 heavy (non-hydrogen) atoms. The number of aromatic nitrogens is 2. The Hall–Kier alpha value is -3.62. The monoisotopic (exact) mass is 419 g/mol. The Morgan fingerprint density at radius 3 is 2.68 bits per heavy atom. The van der Waals surface area contributed by atoms with Crippen LogP contribution in [0.15, 0.2) is 30.5 Å². The molecule has 4 N–H and O–H groups in total. The first-order valence-electron chi connectivity index (χ1n) is 10.4. The zero-order valence-electron chi connectivity index (χ0n) is 18.2. The van der Waals surface area contributed by atoms with Gasteiger partial charge in [0.2, 0.25) is 11.9 Å². The van der Waals surface area contributed by atoms with E-state index in [-0.39, 0.29) is 11.9 Å². The topological polar surface area (TPSA) is 115 Å². The van der Waals surface area contributed by atoms with Crippen molar-refractivity contribution < 1.29 is 4.79 Å². The summed E-state index contributed by atoms with van der Waals surface area (Å²) < 4.78 is 0. The summed E-state index contributed by atoms with van der Waals surface area (Å²) in [6, 6.07) is 8.99. The van der Waals surface area contributed by atoms with Crippen LogP contribution in [-0.2, 0) is 4.79 Å². The fourth-order valence-electron chi connectivity index (χ4n) is 2.50. The van der Waals surface area contributed by atoms with E-state index in [1.165, 1.54) is 0 Å². The van der Waals surface area contributed by atoms with Gasteiger partial charge in [-0.25, -0.2) is 4.98 Å². The van der Waals surface area contributed by atoms with E-state index in [2.05, 4.69) is 56.1 Å². The minimum Gasteiger partial charge on any atom is -0.369 e. The average molecular weight is 420 g/mol. The Balaban J connectivity index is 1.98. The van der Waals surface area contributed by atoms with Crippen LogP contribution in [0.5, 0.6) is 0 Å². The first kappa shape index (κ1) is 23.7. The third-order valence-corrected chi connectivity index (χ3v) is 4.43. The van der Waals surface area contributed by atoms with Crippen LogP contribution in [0.25, 0.3) is 0 Å². The van der Waals surface area contributed by atoms with Gasteiger partial charge < -0.3 is 21.3 Å². The van der Waals surface area contributed by atoms with Crippen LogP contribution >= 0.6 is 0 Å². The van der Waals surface area contributed by atoms with Gasteiger partial charge in [-0.2, -0.15) is 10.2 Å². The van der Waals surface area contributed by atoms with E-state index >= 15 is 0 Å². The highest BCUT2D eigenvalue weighted by Crippen LogP contribution is 2.17. The minimum atomic E-state index is -0.202. The summed E-state index contributed by atoms with van der Waals surface area (Å²) in [5, 5.41) is 21.1. The minimum absolute atomic E-state index is 0.0136. The lowest BCUT2D eigenvalue weighted by atomic mass is 10.2. The number of hydrogen-bond donors (Lipinski definition) is 4. The predicted molar refractivity (Wildman–Crippen MR) is 123 cm³/mol. The van der Waals surface area contributed by atoms with Gasteiger partial charge in [-0.15, -0.1) is 0 Å². The van der Waals surface area contributed by atoms with Crippen molar-refractivity contribution >= 4 is 23.4 Å². The molecule has 0 aliphatic heterocycles. The lowest BCUT2D eigenvalue weighted by Gasteiger charge is -2.10. The third kappa shape index (κ3) is 7.96. The Bertz CT molecular complexity index is 955. The van der Waals surface area contributed by atoms with Crippen molar-refractivity contribution in [3.05, 3.63) is 41.6 Å². The van der Waals surface area contributed by atoms with E-state index in [0.29, 0.717) is 30.3 Å². The number of hydrogen-bond acceptors (Lipinski definition) is 7. The van der Waals surface area contributed by atoms with Gasteiger partial charge in [0, 0.05) is 25.2 Å². The number of benzene rings is 1. The molecule has 8 heteroatoms. The van der Waals surface area contributed by atoms with Gasteiger partial charge in [-0.1, -0.05) is 18.8 Å². The second kappa shape index (κ2) is 12.8. The summed E-state index contributed by atoms with van der Waals surface area (Å²) in [5.74, 6) is 7.37. The Labute approximate surface area is 183 Å². The molecule has 0 bridgehead atoms. The Morgan fingerprint density at radius 1 is 1.23 bits per heavy atom. The average Bonchev–Trinajstić information content (AvgIpc) is 2.80. The number of amides is 1. The van der Waals surface area contributed by atoms with Crippen molar-refractivity contribution in [2.45, 2.75) is 39.2 Å². The molecule has 0 radical (unpaired) electrons. The molecule has 2 aromatic rings. The van der Waals surface area contributed by atoms with Crippen LogP contribution in [0.2, 0.25) is 0 Å². The van der Waals surface area contributed by atoms with E-state index in [9.17, 15) is 4.79 Å². The number of nitrogens with zero attached hydrogens (tertiary/aromatic N) is 3. The molecule has 0 aliphatic carbocycles. The molecule has 162 valence electrons. The molecule has 0 saturated heterocycles. The molecule has 1 aromatic heterocycles. The molecule has 1 aromatic carbocycles. The van der Waals surface area contributed by atoms with Gasteiger partial charge in [0.05, 0.1) is 29.4 Å². The molecular formula is C23H29N7O. The number of carbonyl (C=O) groups excluding carboxylic acids is 1. The van der Waals surface area contributed by atoms with E-state index in [4.69, 9.17) is 5.26 Å². The van der Waals surface area contributed by atoms with E-state index in [1.54, 1.807) is 25.4 Å². The number of likely N-dealkylation sites (N-methyl/N-ethyl adjacent to an activating group) is 1. The maximum atomic E-state index is 11.7. The fraction of sp³-hybridized carbons (Fsp3) is 0.391. The van der Waals surface area contributed by atoms with Crippen molar-refractivity contribution in [3.63, 3.8) is 0 Å². The molecule has 8 nitrogen and oxygen atoms in total. The molecule has 0 fully saturated rings. The van der Waals surface area contributed by atoms with Crippen LogP contribution in [0.4, 0.5) is 17.5 Å². The van der Waals surface area contributed by atoms with Crippen LogP contribution in [-0.4, -0.2) is 42.1 Å². The Kier molecular flexibility index (Phi) is 9.80. The smallest absolute Gasteiger partial charge is 0.236 e. The van der Waals surface area contributed by atoms with E-state index < -0.39 is 0 Å². The van der Waals surface area contributed by atoms with Gasteiger partial charge in [0.15, 0.2) is 0 Å². The lowest BCUT2D eigenvalue weighted by Crippen LogP contribution is -2.40. The van der Waals surface area contributed by atoms with Gasteiger partial charge in [-0.05, 0) is 51.1 Å². The highest BCUT2D eigenvalue weighted by atomic mass is 16.2. The molecule has 0 saturated carbocycles. The maximum absolute atomic E-state index is 11.7. The first-order chi connectivity index (χ1) is 15.1. The van der Waals surface area contributed by atoms with E-state index in [0.717, 1.165) is 30.6 Å². The normalized spacial score (nSPS) is 10.9. The van der Waals surface area contributed by atoms with Crippen molar-refractivity contribution in [2.24, 2.45) is 0 Å². The van der Waals surface area contributed by atoms with Crippen LogP contribution in [0.3, 0.4) is 0 Å². The van der Waals surface area contributed by atoms with Gasteiger partial charge in [0.1, 0.15) is 5.82 Å². The largest absolute Gasteiger partial charge is 0.369 e. The number of rotatable bonds is 10. The summed E-state index contributed by atoms with van der Waals surface area (Å²) in [4.78, 5) is 20.6. The molecule has 1 atom stereocenters. The highest BCUT2D eigenvalue weighted by molar-refractivity contribution is 5.81. The standard InChI is InChI=1S/C23H29N7O/c1-4-13-26-21-19(8-6-5-7-14-27-22(31)17(2)25-3)16-28-23(30-21)29-20-11-9-18(15-24)10-12-20/h9-12,16-17,25H,4-5,7,13-14H2,1-3H3,(H,27,31)(H2,26,28,29,30)/t17-/m1/s1. The van der Waals surface area contributed by atoms with Crippen LogP contribution < -0.4 is 21.3 Å². The van der Waals surface area contributed by atoms with E-state index in [1.807, 2.05) is 19.1 Å². The van der Waals surface area contributed by atoms with Gasteiger partial charge in [0.25, 0.3) is 0 Å². The fourth-order valence-corrected chi connectivity index (χ4v) is 2.50. The zero-order valence-corrected chi connectivity index (χ0v) is 18.2. The summed E-state index contributed by atoms with van der Waals surface area (Å²) in [6.45, 7) is 5.26. The SMILES string of the molecule is CCCNc1nc(Nc2ccc(C#N)cc2)ncc1C#CCCCNC(=O)[C@@H](C)NC. The van der Waals surface area contributed by atoms with Crippen LogP contribution in [0, 0.1) is 23.2 Å². The highest BCUT2D eigenvalue weighted by Gasteiger charge is 2.08. The molecule has 1 amide bonds. The lowest BCUT2D eigenvalue weighted by molar-refractivity contribution is -0.122. The van der Waals surface area contributed by atoms with Crippen molar-refractivity contribution in [2.75, 3.05) is 30.8 Å². The number of unbranched alkanes of at least 4 members (excludes halogenated alkanes) is 1. The zero-order chi connectivity index (χ0) is 22.5. The predicted octanol–water partition coefficient (Wildman–Crippen LogP) is 2.77. The second-order valence-electron chi connectivity index (χ2n) is 6.90. The van der Waals surface area contributed by atoms with Gasteiger partial charge >= 0.3 is 0 Å². The summed E-state index contributed by atoms with van der Waals surface area (Å²) in [5.41, 5.74) is 2.12. The molecule has 2 rings (SSSR count). The quantitative estimate of drug-likeness (QED) is 0.346. The number of carbonyl (C=O) groups is 1. The van der Waals surface area contributed by atoms with Crippen molar-refractivity contribution in [1.29, 1.82) is 5.26 Å². The first-order valence-corrected chi connectivity index (χ1v) is 10.4. The van der Waals surface area contributed by atoms with Crippen molar-refractivity contribution in [1.82, 2.24) is 20.6 Å². The van der Waals surface area contributed by atoms with Gasteiger partial charge in [-0.3, -0.25) is 4.79 Å². The number of anilines is 3. The molecule has 1 heterocycles. The van der Waals surface area contributed by atoms with Crippen LogP contribution in [0.1, 0.15) is 44.2 Å². The summed E-state index contributed by atoms with van der Waals surface area (Å²) in [7, 11) is 1.76. The summed E-state index contributed by atoms with van der Waals surface area (Å²) >= 11 is 0. The van der Waals surface area contributed by atoms with Crippen molar-refractivity contribution in [3.8, 4) is 17.9 Å². The number of nitrogens with one attached hydrogen (secondary N) is 4. The third-order valence-electron chi connectivity index (χ3n) is 4.43. The molecular weight excluding hydrogens is 390 g/mol. The summed E-state index contributed by atoms with van der Waals surface area (Å²) in [6.07, 6.45) is 4.08. The molecule has 0 spiro atoms. The number of nitriles is 1. The maximum Gasteiger partial charge on any atom is 0.236 e. The molecule has 0 aliphatic rings. The Morgan fingerprint density at radius 2 is 2.00 bits per heavy atom. The molecule has 0 unspecified atom stereocenters.